The van der Waals surface area contributed by atoms with E-state index in [1.807, 2.05) is 20.9 Å². The number of hydrogen-bond acceptors (Lipinski definition) is 3. The normalized spacial score (nSPS) is 25.0. The molecule has 0 spiro atoms. The van der Waals surface area contributed by atoms with Gasteiger partial charge in [-0.3, -0.25) is 4.79 Å². The van der Waals surface area contributed by atoms with E-state index in [0.29, 0.717) is 19.2 Å². The number of nitrogens with one attached hydrogen (secondary N) is 1. The molecule has 0 saturated carbocycles. The Kier molecular flexibility index (Phi) is 5.92. The van der Waals surface area contributed by atoms with Gasteiger partial charge in [0.2, 0.25) is 5.91 Å². The first-order chi connectivity index (χ1) is 8.00. The third-order valence-electron chi connectivity index (χ3n) is 3.26. The summed E-state index contributed by atoms with van der Waals surface area (Å²) in [5, 5.41) is 3.36. The van der Waals surface area contributed by atoms with Crippen LogP contribution < -0.4 is 5.32 Å². The zero-order chi connectivity index (χ0) is 12.8. The molecule has 1 aliphatic heterocycles. The highest BCUT2D eigenvalue weighted by Gasteiger charge is 2.25. The van der Waals surface area contributed by atoms with E-state index < -0.39 is 0 Å². The molecule has 1 rings (SSSR count). The number of amides is 1. The number of hydrogen-bond donors (Lipinski definition) is 1. The van der Waals surface area contributed by atoms with Crippen molar-refractivity contribution in [3.8, 4) is 0 Å². The quantitative estimate of drug-likeness (QED) is 0.789. The second kappa shape index (κ2) is 6.97. The molecule has 1 N–H and O–H groups in total. The molecule has 0 aromatic rings. The van der Waals surface area contributed by atoms with Crippen LogP contribution in [-0.4, -0.2) is 49.7 Å². The van der Waals surface area contributed by atoms with Gasteiger partial charge in [-0.05, 0) is 33.6 Å². The molecule has 1 heterocycles. The summed E-state index contributed by atoms with van der Waals surface area (Å²) in [6.45, 7) is 8.30. The van der Waals surface area contributed by atoms with Crippen molar-refractivity contribution in [2.75, 3.05) is 26.7 Å². The first-order valence-electron chi connectivity index (χ1n) is 6.60. The molecule has 1 aliphatic rings. The van der Waals surface area contributed by atoms with Gasteiger partial charge in [0.1, 0.15) is 0 Å². The van der Waals surface area contributed by atoms with Gasteiger partial charge in [-0.15, -0.1) is 0 Å². The molecule has 1 fully saturated rings. The highest BCUT2D eigenvalue weighted by Crippen LogP contribution is 2.16. The average molecular weight is 242 g/mol. The van der Waals surface area contributed by atoms with Crippen molar-refractivity contribution in [2.24, 2.45) is 5.92 Å². The first kappa shape index (κ1) is 14.5. The molecule has 1 saturated heterocycles. The van der Waals surface area contributed by atoms with Gasteiger partial charge in [-0.25, -0.2) is 0 Å². The fourth-order valence-electron chi connectivity index (χ4n) is 2.06. The van der Waals surface area contributed by atoms with Gasteiger partial charge >= 0.3 is 0 Å². The molecular weight excluding hydrogens is 216 g/mol. The predicted octanol–water partition coefficient (Wildman–Crippen LogP) is 1.26. The van der Waals surface area contributed by atoms with Gasteiger partial charge in [0.15, 0.2) is 0 Å². The predicted molar refractivity (Wildman–Crippen MR) is 68.9 cm³/mol. The van der Waals surface area contributed by atoms with Gasteiger partial charge < -0.3 is 15.0 Å². The van der Waals surface area contributed by atoms with Crippen molar-refractivity contribution in [1.82, 2.24) is 10.2 Å². The zero-order valence-electron chi connectivity index (χ0n) is 11.5. The molecule has 0 aliphatic carbocycles. The van der Waals surface area contributed by atoms with Crippen LogP contribution in [0.15, 0.2) is 0 Å². The molecule has 0 aromatic carbocycles. The molecule has 0 aromatic heterocycles. The lowest BCUT2D eigenvalue weighted by atomic mass is 9.94. The number of carbonyl (C=O) groups excluding carboxylic acids is 1. The van der Waals surface area contributed by atoms with E-state index in [1.165, 1.54) is 0 Å². The lowest BCUT2D eigenvalue weighted by Gasteiger charge is -2.30. The number of likely N-dealkylation sites (N-methyl/N-ethyl adjacent to an activating group) is 1. The van der Waals surface area contributed by atoms with Gasteiger partial charge in [-0.2, -0.15) is 0 Å². The lowest BCUT2D eigenvalue weighted by Crippen LogP contribution is -2.45. The summed E-state index contributed by atoms with van der Waals surface area (Å²) in [7, 11) is 1.87. The minimum absolute atomic E-state index is 0.148. The van der Waals surface area contributed by atoms with E-state index in [4.69, 9.17) is 4.74 Å². The molecule has 2 atom stereocenters. The Morgan fingerprint density at radius 2 is 2.18 bits per heavy atom. The largest absolute Gasteiger partial charge is 0.377 e. The number of carbonyl (C=O) groups is 1. The maximum atomic E-state index is 12.1. The summed E-state index contributed by atoms with van der Waals surface area (Å²) in [5.41, 5.74) is 0. The Bertz CT molecular complexity index is 236. The molecule has 0 bridgehead atoms. The molecule has 4 heteroatoms. The Morgan fingerprint density at radius 3 is 2.71 bits per heavy atom. The summed E-state index contributed by atoms with van der Waals surface area (Å²) in [5.74, 6) is 0.395. The molecule has 1 amide bonds. The first-order valence-corrected chi connectivity index (χ1v) is 6.60. The Morgan fingerprint density at radius 1 is 1.47 bits per heavy atom. The maximum absolute atomic E-state index is 12.1. The topological polar surface area (TPSA) is 41.6 Å². The van der Waals surface area contributed by atoms with Crippen molar-refractivity contribution >= 4 is 5.91 Å². The van der Waals surface area contributed by atoms with Crippen LogP contribution in [0, 0.1) is 5.92 Å². The van der Waals surface area contributed by atoms with Crippen LogP contribution in [0.5, 0.6) is 0 Å². The Labute approximate surface area is 105 Å². The molecule has 17 heavy (non-hydrogen) atoms. The Hall–Kier alpha value is -0.610. The van der Waals surface area contributed by atoms with Crippen molar-refractivity contribution in [2.45, 2.75) is 45.8 Å². The van der Waals surface area contributed by atoms with Gasteiger partial charge in [0.05, 0.1) is 18.6 Å². The average Bonchev–Trinajstić information content (AvgIpc) is 2.28. The van der Waals surface area contributed by atoms with Crippen molar-refractivity contribution in [3.05, 3.63) is 0 Å². The van der Waals surface area contributed by atoms with Crippen LogP contribution in [0.4, 0.5) is 0 Å². The van der Waals surface area contributed by atoms with Crippen LogP contribution in [0.25, 0.3) is 0 Å². The van der Waals surface area contributed by atoms with E-state index in [1.54, 1.807) is 4.90 Å². The fourth-order valence-corrected chi connectivity index (χ4v) is 2.06. The van der Waals surface area contributed by atoms with E-state index in [0.717, 1.165) is 19.4 Å². The highest BCUT2D eigenvalue weighted by atomic mass is 16.5. The number of nitrogens with zero attached hydrogens (tertiary/aromatic N) is 1. The second-order valence-electron chi connectivity index (χ2n) is 5.26. The number of piperidine rings is 1. The minimum Gasteiger partial charge on any atom is -0.377 e. The zero-order valence-corrected chi connectivity index (χ0v) is 11.5. The molecule has 2 unspecified atom stereocenters. The van der Waals surface area contributed by atoms with E-state index in [-0.39, 0.29) is 17.9 Å². The van der Waals surface area contributed by atoms with Gasteiger partial charge in [0, 0.05) is 26.2 Å². The smallest absolute Gasteiger partial charge is 0.226 e. The molecule has 100 valence electrons. The van der Waals surface area contributed by atoms with E-state index >= 15 is 0 Å². The SMILES string of the molecule is CC1CCC(C(=O)N(C)CCOC(C)C)CN1. The molecule has 4 nitrogen and oxygen atoms in total. The third-order valence-corrected chi connectivity index (χ3v) is 3.26. The van der Waals surface area contributed by atoms with Gasteiger partial charge in [0.25, 0.3) is 0 Å². The van der Waals surface area contributed by atoms with Crippen molar-refractivity contribution in [1.29, 1.82) is 0 Å². The van der Waals surface area contributed by atoms with Crippen LogP contribution >= 0.6 is 0 Å². The monoisotopic (exact) mass is 242 g/mol. The van der Waals surface area contributed by atoms with Crippen molar-refractivity contribution < 1.29 is 9.53 Å². The van der Waals surface area contributed by atoms with Crippen molar-refractivity contribution in [3.63, 3.8) is 0 Å². The van der Waals surface area contributed by atoms with Crippen LogP contribution in [0.1, 0.15) is 33.6 Å². The number of ether oxygens (including phenoxy) is 1. The summed E-state index contributed by atoms with van der Waals surface area (Å²) in [6.07, 6.45) is 2.32. The summed E-state index contributed by atoms with van der Waals surface area (Å²) >= 11 is 0. The van der Waals surface area contributed by atoms with E-state index in [9.17, 15) is 4.79 Å². The lowest BCUT2D eigenvalue weighted by molar-refractivity contribution is -0.135. The molecular formula is C13H26N2O2. The summed E-state index contributed by atoms with van der Waals surface area (Å²) < 4.78 is 5.46. The van der Waals surface area contributed by atoms with E-state index in [2.05, 4.69) is 12.2 Å². The van der Waals surface area contributed by atoms with Crippen LogP contribution in [0.3, 0.4) is 0 Å². The van der Waals surface area contributed by atoms with Crippen LogP contribution in [-0.2, 0) is 9.53 Å². The second-order valence-corrected chi connectivity index (χ2v) is 5.26. The minimum atomic E-state index is 0.148. The molecule has 0 radical (unpaired) electrons. The standard InChI is InChI=1S/C13H26N2O2/c1-10(2)17-8-7-15(4)13(16)12-6-5-11(3)14-9-12/h10-12,14H,5-9H2,1-4H3. The fraction of sp³-hybridized carbons (Fsp3) is 0.923. The van der Waals surface area contributed by atoms with Gasteiger partial charge in [-0.1, -0.05) is 0 Å². The maximum Gasteiger partial charge on any atom is 0.226 e. The van der Waals surface area contributed by atoms with Crippen LogP contribution in [0.2, 0.25) is 0 Å². The number of rotatable bonds is 5. The Balaban J connectivity index is 2.26. The highest BCUT2D eigenvalue weighted by molar-refractivity contribution is 5.78. The summed E-state index contributed by atoms with van der Waals surface area (Å²) in [4.78, 5) is 13.9. The third kappa shape index (κ3) is 5.04. The summed E-state index contributed by atoms with van der Waals surface area (Å²) in [6, 6.07) is 0.550.